The van der Waals surface area contributed by atoms with Gasteiger partial charge in [-0.2, -0.15) is 0 Å². The molecular weight excluding hydrogens is 298 g/mol. The number of sulfonamides is 1. The normalized spacial score (nSPS) is 13.5. The van der Waals surface area contributed by atoms with Crippen LogP contribution in [0.15, 0.2) is 29.2 Å². The van der Waals surface area contributed by atoms with Crippen LogP contribution in [0, 0.1) is 0 Å². The zero-order chi connectivity index (χ0) is 15.6. The SMILES string of the molecule is CC(C)(O)C(C)(C)NS(=O)(=O)c1ccc(CCCl)cc1. The molecule has 2 N–H and O–H groups in total. The maximum absolute atomic E-state index is 12.3. The third kappa shape index (κ3) is 4.19. The van der Waals surface area contributed by atoms with Gasteiger partial charge in [0.2, 0.25) is 10.0 Å². The predicted octanol–water partition coefficient (Wildman–Crippen LogP) is 2.30. The number of halogens is 1. The number of hydrogen-bond acceptors (Lipinski definition) is 3. The summed E-state index contributed by atoms with van der Waals surface area (Å²) in [6.45, 7) is 6.43. The first kappa shape index (κ1) is 17.4. The minimum atomic E-state index is -3.68. The lowest BCUT2D eigenvalue weighted by Gasteiger charge is -2.37. The van der Waals surface area contributed by atoms with Crippen LogP contribution >= 0.6 is 11.6 Å². The second-order valence-electron chi connectivity index (χ2n) is 5.87. The topological polar surface area (TPSA) is 66.4 Å². The van der Waals surface area contributed by atoms with Crippen LogP contribution in [0.3, 0.4) is 0 Å². The molecular formula is C14H22ClNO3S. The van der Waals surface area contributed by atoms with Crippen LogP contribution in [0.1, 0.15) is 33.3 Å². The highest BCUT2D eigenvalue weighted by molar-refractivity contribution is 7.89. The van der Waals surface area contributed by atoms with Crippen molar-refractivity contribution >= 4 is 21.6 Å². The van der Waals surface area contributed by atoms with Crippen LogP contribution in [-0.2, 0) is 16.4 Å². The van der Waals surface area contributed by atoms with Crippen LogP contribution < -0.4 is 4.72 Å². The van der Waals surface area contributed by atoms with E-state index in [0.29, 0.717) is 12.3 Å². The highest BCUT2D eigenvalue weighted by Crippen LogP contribution is 2.23. The second-order valence-corrected chi connectivity index (χ2v) is 7.93. The van der Waals surface area contributed by atoms with Gasteiger partial charge in [-0.15, -0.1) is 11.6 Å². The van der Waals surface area contributed by atoms with E-state index < -0.39 is 21.2 Å². The summed E-state index contributed by atoms with van der Waals surface area (Å²) >= 11 is 5.64. The van der Waals surface area contributed by atoms with Gasteiger partial charge < -0.3 is 5.11 Å². The van der Waals surface area contributed by atoms with Crippen molar-refractivity contribution in [2.75, 3.05) is 5.88 Å². The zero-order valence-corrected chi connectivity index (χ0v) is 13.8. The van der Waals surface area contributed by atoms with Gasteiger partial charge in [-0.25, -0.2) is 13.1 Å². The lowest BCUT2D eigenvalue weighted by Crippen LogP contribution is -2.57. The second kappa shape index (κ2) is 6.02. The van der Waals surface area contributed by atoms with Crippen molar-refractivity contribution in [1.29, 1.82) is 0 Å². The van der Waals surface area contributed by atoms with E-state index in [2.05, 4.69) is 4.72 Å². The fourth-order valence-corrected chi connectivity index (χ4v) is 3.22. The van der Waals surface area contributed by atoms with Gasteiger partial charge in [-0.1, -0.05) is 12.1 Å². The summed E-state index contributed by atoms with van der Waals surface area (Å²) in [5, 5.41) is 10.0. The molecule has 0 aliphatic heterocycles. The summed E-state index contributed by atoms with van der Waals surface area (Å²) in [6, 6.07) is 6.58. The number of rotatable bonds is 6. The Hall–Kier alpha value is -0.620. The molecule has 1 rings (SSSR count). The monoisotopic (exact) mass is 319 g/mol. The third-order valence-electron chi connectivity index (χ3n) is 3.54. The Morgan fingerprint density at radius 3 is 2.05 bits per heavy atom. The van der Waals surface area contributed by atoms with Gasteiger partial charge in [0.25, 0.3) is 0 Å². The van der Waals surface area contributed by atoms with Gasteiger partial charge in [0.15, 0.2) is 0 Å². The molecule has 114 valence electrons. The smallest absolute Gasteiger partial charge is 0.241 e. The van der Waals surface area contributed by atoms with E-state index in [1.165, 1.54) is 0 Å². The Labute approximate surface area is 126 Å². The molecule has 0 saturated heterocycles. The number of alkyl halides is 1. The van der Waals surface area contributed by atoms with E-state index in [1.54, 1.807) is 52.0 Å². The Kier molecular flexibility index (Phi) is 5.24. The van der Waals surface area contributed by atoms with E-state index in [1.807, 2.05) is 0 Å². The zero-order valence-electron chi connectivity index (χ0n) is 12.3. The van der Waals surface area contributed by atoms with E-state index in [-0.39, 0.29) is 4.90 Å². The lowest BCUT2D eigenvalue weighted by atomic mass is 9.87. The average Bonchev–Trinajstić information content (AvgIpc) is 2.27. The maximum atomic E-state index is 12.3. The molecule has 0 aliphatic carbocycles. The number of aliphatic hydroxyl groups is 1. The van der Waals surface area contributed by atoms with Crippen molar-refractivity contribution in [3.05, 3.63) is 29.8 Å². The van der Waals surface area contributed by atoms with E-state index >= 15 is 0 Å². The standard InChI is InChI=1S/C14H22ClNO3S/c1-13(2,14(3,4)17)16-20(18,19)12-7-5-11(6-8-12)9-10-15/h5-8,16-17H,9-10H2,1-4H3. The van der Waals surface area contributed by atoms with E-state index in [0.717, 1.165) is 5.56 Å². The highest BCUT2D eigenvalue weighted by atomic mass is 35.5. The fourth-order valence-electron chi connectivity index (χ4n) is 1.46. The quantitative estimate of drug-likeness (QED) is 0.791. The van der Waals surface area contributed by atoms with Gasteiger partial charge in [-0.3, -0.25) is 0 Å². The van der Waals surface area contributed by atoms with Crippen LogP contribution in [-0.4, -0.2) is 30.5 Å². The molecule has 0 aromatic heterocycles. The van der Waals surface area contributed by atoms with Crippen molar-refractivity contribution in [2.24, 2.45) is 0 Å². The van der Waals surface area contributed by atoms with Crippen molar-refractivity contribution in [3.63, 3.8) is 0 Å². The first-order chi connectivity index (χ1) is 8.99. The minimum absolute atomic E-state index is 0.174. The van der Waals surface area contributed by atoms with Crippen LogP contribution in [0.25, 0.3) is 0 Å². The number of nitrogens with one attached hydrogen (secondary N) is 1. The van der Waals surface area contributed by atoms with Gasteiger partial charge >= 0.3 is 0 Å². The minimum Gasteiger partial charge on any atom is -0.389 e. The number of aryl methyl sites for hydroxylation is 1. The molecule has 0 bridgehead atoms. The summed E-state index contributed by atoms with van der Waals surface area (Å²) in [4.78, 5) is 0.174. The molecule has 0 spiro atoms. The molecule has 0 atom stereocenters. The van der Waals surface area contributed by atoms with Crippen molar-refractivity contribution in [1.82, 2.24) is 4.72 Å². The van der Waals surface area contributed by atoms with E-state index in [4.69, 9.17) is 11.6 Å². The van der Waals surface area contributed by atoms with Crippen molar-refractivity contribution in [3.8, 4) is 0 Å². The Balaban J connectivity index is 3.00. The maximum Gasteiger partial charge on any atom is 0.241 e. The molecule has 1 aromatic rings. The van der Waals surface area contributed by atoms with Crippen molar-refractivity contribution < 1.29 is 13.5 Å². The van der Waals surface area contributed by atoms with Gasteiger partial charge in [-0.05, 0) is 51.8 Å². The number of hydrogen-bond donors (Lipinski definition) is 2. The average molecular weight is 320 g/mol. The van der Waals surface area contributed by atoms with Crippen LogP contribution in [0.4, 0.5) is 0 Å². The van der Waals surface area contributed by atoms with Crippen LogP contribution in [0.5, 0.6) is 0 Å². The van der Waals surface area contributed by atoms with Crippen molar-refractivity contribution in [2.45, 2.75) is 50.2 Å². The largest absolute Gasteiger partial charge is 0.389 e. The van der Waals surface area contributed by atoms with Crippen LogP contribution in [0.2, 0.25) is 0 Å². The van der Waals surface area contributed by atoms with Gasteiger partial charge in [0.05, 0.1) is 16.0 Å². The molecule has 0 heterocycles. The molecule has 0 amide bonds. The highest BCUT2D eigenvalue weighted by Gasteiger charge is 2.38. The fraction of sp³-hybridized carbons (Fsp3) is 0.571. The molecule has 0 saturated carbocycles. The van der Waals surface area contributed by atoms with Gasteiger partial charge in [0, 0.05) is 5.88 Å². The number of benzene rings is 1. The molecule has 0 fully saturated rings. The first-order valence-electron chi connectivity index (χ1n) is 6.41. The van der Waals surface area contributed by atoms with E-state index in [9.17, 15) is 13.5 Å². The molecule has 1 aromatic carbocycles. The Morgan fingerprint density at radius 2 is 1.65 bits per heavy atom. The Bertz CT molecular complexity index is 545. The molecule has 20 heavy (non-hydrogen) atoms. The summed E-state index contributed by atoms with van der Waals surface area (Å²) in [5.74, 6) is 0.496. The third-order valence-corrected chi connectivity index (χ3v) is 5.40. The summed E-state index contributed by atoms with van der Waals surface area (Å²) in [5.41, 5.74) is -1.18. The molecule has 4 nitrogen and oxygen atoms in total. The summed E-state index contributed by atoms with van der Waals surface area (Å²) < 4.78 is 27.2. The van der Waals surface area contributed by atoms with Gasteiger partial charge in [0.1, 0.15) is 0 Å². The molecule has 0 radical (unpaired) electrons. The lowest BCUT2D eigenvalue weighted by molar-refractivity contribution is 0.00639. The predicted molar refractivity (Wildman–Crippen MR) is 81.6 cm³/mol. The summed E-state index contributed by atoms with van der Waals surface area (Å²) in [6.07, 6.45) is 0.699. The first-order valence-corrected chi connectivity index (χ1v) is 8.43. The molecule has 0 unspecified atom stereocenters. The molecule has 0 aliphatic rings. The molecule has 6 heteroatoms. The Morgan fingerprint density at radius 1 is 1.15 bits per heavy atom. The summed E-state index contributed by atoms with van der Waals surface area (Å²) in [7, 11) is -3.68.